The molecular weight excluding hydrogens is 228 g/mol. The first-order valence-electron chi connectivity index (χ1n) is 7.32. The molecule has 0 spiro atoms. The van der Waals surface area contributed by atoms with E-state index in [9.17, 15) is 9.59 Å². The summed E-state index contributed by atoms with van der Waals surface area (Å²) in [5.74, 6) is -0.936. The van der Waals surface area contributed by atoms with Gasteiger partial charge in [0.15, 0.2) is 0 Å². The lowest BCUT2D eigenvalue weighted by molar-refractivity contribution is -0.139. The molecule has 1 aliphatic carbocycles. The van der Waals surface area contributed by atoms with Gasteiger partial charge in [-0.05, 0) is 19.3 Å². The highest BCUT2D eigenvalue weighted by Crippen LogP contribution is 2.16. The number of hydrogen-bond acceptors (Lipinski definition) is 2. The molecule has 0 unspecified atom stereocenters. The van der Waals surface area contributed by atoms with Crippen LogP contribution in [0.1, 0.15) is 64.7 Å². The monoisotopic (exact) mass is 254 g/mol. The molecule has 0 heterocycles. The van der Waals surface area contributed by atoms with Gasteiger partial charge in [0, 0.05) is 12.6 Å². The molecule has 1 rings (SSSR count). The molecule has 0 bridgehead atoms. The van der Waals surface area contributed by atoms with Crippen LogP contribution in [0.5, 0.6) is 0 Å². The zero-order chi connectivity index (χ0) is 13.2. The van der Waals surface area contributed by atoms with Crippen LogP contribution in [0.4, 0.5) is 0 Å². The largest absolute Gasteiger partial charge is 0.348 e. The van der Waals surface area contributed by atoms with Crippen molar-refractivity contribution in [3.63, 3.8) is 0 Å². The Kier molecular flexibility index (Phi) is 7.46. The van der Waals surface area contributed by atoms with Crippen molar-refractivity contribution in [2.45, 2.75) is 70.8 Å². The van der Waals surface area contributed by atoms with E-state index < -0.39 is 11.8 Å². The molecule has 2 N–H and O–H groups in total. The van der Waals surface area contributed by atoms with E-state index in [1.807, 2.05) is 0 Å². The smallest absolute Gasteiger partial charge is 0.309 e. The third kappa shape index (κ3) is 6.03. The average molecular weight is 254 g/mol. The van der Waals surface area contributed by atoms with E-state index in [1.165, 1.54) is 12.8 Å². The number of carbonyl (C=O) groups is 2. The van der Waals surface area contributed by atoms with Gasteiger partial charge in [-0.3, -0.25) is 9.59 Å². The van der Waals surface area contributed by atoms with E-state index >= 15 is 0 Å². The molecular formula is C14H26N2O2. The minimum absolute atomic E-state index is 0.196. The van der Waals surface area contributed by atoms with Gasteiger partial charge in [-0.15, -0.1) is 0 Å². The fraction of sp³-hybridized carbons (Fsp3) is 0.857. The fourth-order valence-electron chi connectivity index (χ4n) is 2.33. The molecule has 1 aliphatic rings. The molecule has 2 amide bonds. The first-order chi connectivity index (χ1) is 8.74. The van der Waals surface area contributed by atoms with Gasteiger partial charge >= 0.3 is 11.8 Å². The van der Waals surface area contributed by atoms with Crippen LogP contribution in [0, 0.1) is 0 Å². The van der Waals surface area contributed by atoms with Gasteiger partial charge < -0.3 is 10.6 Å². The summed E-state index contributed by atoms with van der Waals surface area (Å²) < 4.78 is 0. The highest BCUT2D eigenvalue weighted by Gasteiger charge is 2.19. The number of nitrogens with one attached hydrogen (secondary N) is 2. The van der Waals surface area contributed by atoms with Crippen molar-refractivity contribution in [2.24, 2.45) is 0 Å². The predicted molar refractivity (Wildman–Crippen MR) is 72.2 cm³/mol. The lowest BCUT2D eigenvalue weighted by Gasteiger charge is -2.15. The van der Waals surface area contributed by atoms with E-state index in [-0.39, 0.29) is 6.04 Å². The number of rotatable bonds is 5. The maximum absolute atomic E-state index is 11.7. The number of hydrogen-bond donors (Lipinski definition) is 2. The van der Waals surface area contributed by atoms with E-state index in [4.69, 9.17) is 0 Å². The van der Waals surface area contributed by atoms with Gasteiger partial charge in [0.2, 0.25) is 0 Å². The molecule has 0 aromatic heterocycles. The summed E-state index contributed by atoms with van der Waals surface area (Å²) in [5, 5.41) is 5.52. The quantitative estimate of drug-likeness (QED) is 0.448. The summed E-state index contributed by atoms with van der Waals surface area (Å²) in [7, 11) is 0. The molecule has 0 atom stereocenters. The van der Waals surface area contributed by atoms with E-state index in [0.29, 0.717) is 6.54 Å². The Balaban J connectivity index is 2.19. The topological polar surface area (TPSA) is 58.2 Å². The van der Waals surface area contributed by atoms with Gasteiger partial charge in [0.05, 0.1) is 0 Å². The van der Waals surface area contributed by atoms with Crippen LogP contribution in [0.15, 0.2) is 0 Å². The zero-order valence-electron chi connectivity index (χ0n) is 11.5. The zero-order valence-corrected chi connectivity index (χ0v) is 11.5. The Hall–Kier alpha value is -1.06. The SMILES string of the molecule is CCCCCNC(=O)C(=O)NC1CCCCCC1. The molecule has 0 aromatic carbocycles. The van der Waals surface area contributed by atoms with E-state index in [1.54, 1.807) is 0 Å². The molecule has 18 heavy (non-hydrogen) atoms. The summed E-state index contributed by atoms with van der Waals surface area (Å²) in [5.41, 5.74) is 0. The van der Waals surface area contributed by atoms with Crippen molar-refractivity contribution in [3.05, 3.63) is 0 Å². The molecule has 1 saturated carbocycles. The van der Waals surface area contributed by atoms with Gasteiger partial charge in [-0.25, -0.2) is 0 Å². The van der Waals surface area contributed by atoms with Crippen LogP contribution in [0.3, 0.4) is 0 Å². The molecule has 0 aliphatic heterocycles. The highest BCUT2D eigenvalue weighted by molar-refractivity contribution is 6.35. The lowest BCUT2D eigenvalue weighted by atomic mass is 10.1. The molecule has 0 saturated heterocycles. The molecule has 4 nitrogen and oxygen atoms in total. The third-order valence-corrected chi connectivity index (χ3v) is 3.46. The van der Waals surface area contributed by atoms with Crippen LogP contribution < -0.4 is 10.6 Å². The summed E-state index contributed by atoms with van der Waals surface area (Å²) in [6.07, 6.45) is 9.97. The molecule has 104 valence electrons. The molecule has 4 heteroatoms. The Morgan fingerprint density at radius 2 is 1.67 bits per heavy atom. The van der Waals surface area contributed by atoms with Crippen molar-refractivity contribution >= 4 is 11.8 Å². The Bertz CT molecular complexity index is 259. The number of unbranched alkanes of at least 4 members (excludes halogenated alkanes) is 2. The van der Waals surface area contributed by atoms with Crippen LogP contribution in [-0.2, 0) is 9.59 Å². The van der Waals surface area contributed by atoms with Crippen molar-refractivity contribution in [1.29, 1.82) is 0 Å². The van der Waals surface area contributed by atoms with Crippen LogP contribution >= 0.6 is 0 Å². The van der Waals surface area contributed by atoms with Gasteiger partial charge in [0.1, 0.15) is 0 Å². The van der Waals surface area contributed by atoms with E-state index in [2.05, 4.69) is 17.6 Å². The van der Waals surface area contributed by atoms with Gasteiger partial charge in [-0.2, -0.15) is 0 Å². The standard InChI is InChI=1S/C14H26N2O2/c1-2-3-8-11-15-13(17)14(18)16-12-9-6-4-5-7-10-12/h12H,2-11H2,1H3,(H,15,17)(H,16,18). The second kappa shape index (κ2) is 8.95. The third-order valence-electron chi connectivity index (χ3n) is 3.46. The Morgan fingerprint density at radius 1 is 1.00 bits per heavy atom. The maximum Gasteiger partial charge on any atom is 0.309 e. The fourth-order valence-corrected chi connectivity index (χ4v) is 2.33. The number of amides is 2. The second-order valence-electron chi connectivity index (χ2n) is 5.12. The van der Waals surface area contributed by atoms with Crippen LogP contribution in [0.2, 0.25) is 0 Å². The second-order valence-corrected chi connectivity index (χ2v) is 5.12. The van der Waals surface area contributed by atoms with Crippen LogP contribution in [-0.4, -0.2) is 24.4 Å². The highest BCUT2D eigenvalue weighted by atomic mass is 16.2. The predicted octanol–water partition coefficient (Wildman–Crippen LogP) is 2.13. The molecule has 0 radical (unpaired) electrons. The first-order valence-corrected chi connectivity index (χ1v) is 7.32. The van der Waals surface area contributed by atoms with Gasteiger partial charge in [-0.1, -0.05) is 45.4 Å². The van der Waals surface area contributed by atoms with E-state index in [0.717, 1.165) is 44.9 Å². The summed E-state index contributed by atoms with van der Waals surface area (Å²) in [6.45, 7) is 2.71. The first kappa shape index (κ1) is 15.0. The molecule has 0 aromatic rings. The Morgan fingerprint density at radius 3 is 2.28 bits per heavy atom. The van der Waals surface area contributed by atoms with Crippen molar-refractivity contribution in [3.8, 4) is 0 Å². The summed E-state index contributed by atoms with van der Waals surface area (Å²) in [6, 6.07) is 0.196. The van der Waals surface area contributed by atoms with Crippen LogP contribution in [0.25, 0.3) is 0 Å². The minimum Gasteiger partial charge on any atom is -0.348 e. The normalized spacial score (nSPS) is 16.9. The minimum atomic E-state index is -0.477. The average Bonchev–Trinajstić information content (AvgIpc) is 2.63. The summed E-state index contributed by atoms with van der Waals surface area (Å²) in [4.78, 5) is 23.2. The van der Waals surface area contributed by atoms with Crippen molar-refractivity contribution < 1.29 is 9.59 Å². The van der Waals surface area contributed by atoms with Gasteiger partial charge in [0.25, 0.3) is 0 Å². The van der Waals surface area contributed by atoms with Crippen molar-refractivity contribution in [2.75, 3.05) is 6.54 Å². The van der Waals surface area contributed by atoms with Crippen molar-refractivity contribution in [1.82, 2.24) is 10.6 Å². The Labute approximate surface area is 110 Å². The summed E-state index contributed by atoms with van der Waals surface area (Å²) >= 11 is 0. The lowest BCUT2D eigenvalue weighted by Crippen LogP contribution is -2.44. The molecule has 1 fully saturated rings. The number of carbonyl (C=O) groups excluding carboxylic acids is 2. The maximum atomic E-state index is 11.7.